The first-order chi connectivity index (χ1) is 14.4. The number of rotatable bonds is 10. The fraction of sp³-hybridized carbons (Fsp3) is 0.458. The van der Waals surface area contributed by atoms with Gasteiger partial charge in [0.25, 0.3) is 0 Å². The van der Waals surface area contributed by atoms with E-state index in [9.17, 15) is 5.11 Å². The van der Waals surface area contributed by atoms with Crippen molar-refractivity contribution in [2.75, 3.05) is 27.2 Å². The second-order valence-corrected chi connectivity index (χ2v) is 7.89. The SMILES string of the molecule is CCNC(=NCc1cccc(CN(C)C)c1)NCC(O)c1ccc(OC(C)C)cc1. The number of aliphatic hydroxyl groups excluding tert-OH is 1. The van der Waals surface area contributed by atoms with Gasteiger partial charge >= 0.3 is 0 Å². The van der Waals surface area contributed by atoms with Gasteiger partial charge in [-0.15, -0.1) is 0 Å². The molecule has 0 spiro atoms. The Morgan fingerprint density at radius 2 is 1.77 bits per heavy atom. The maximum Gasteiger partial charge on any atom is 0.191 e. The van der Waals surface area contributed by atoms with Gasteiger partial charge < -0.3 is 25.4 Å². The van der Waals surface area contributed by atoms with Crippen LogP contribution in [0.5, 0.6) is 5.75 Å². The Kier molecular flexibility index (Phi) is 9.64. The summed E-state index contributed by atoms with van der Waals surface area (Å²) in [5, 5.41) is 17.0. The lowest BCUT2D eigenvalue weighted by molar-refractivity contribution is 0.180. The molecule has 0 bridgehead atoms. The van der Waals surface area contributed by atoms with Crippen LogP contribution in [0, 0.1) is 0 Å². The van der Waals surface area contributed by atoms with Crippen LogP contribution in [-0.4, -0.2) is 49.3 Å². The number of aliphatic hydroxyl groups is 1. The van der Waals surface area contributed by atoms with Crippen molar-refractivity contribution in [3.05, 3.63) is 65.2 Å². The van der Waals surface area contributed by atoms with Gasteiger partial charge in [-0.1, -0.05) is 36.4 Å². The predicted molar refractivity (Wildman–Crippen MR) is 124 cm³/mol. The van der Waals surface area contributed by atoms with Crippen LogP contribution in [-0.2, 0) is 13.1 Å². The van der Waals surface area contributed by atoms with Gasteiger partial charge in [0.2, 0.25) is 0 Å². The molecule has 0 aliphatic rings. The lowest BCUT2D eigenvalue weighted by atomic mass is 10.1. The molecule has 164 valence electrons. The number of ether oxygens (including phenoxy) is 1. The van der Waals surface area contributed by atoms with Crippen molar-refractivity contribution < 1.29 is 9.84 Å². The van der Waals surface area contributed by atoms with Crippen molar-refractivity contribution in [3.8, 4) is 5.75 Å². The van der Waals surface area contributed by atoms with E-state index in [-0.39, 0.29) is 6.10 Å². The van der Waals surface area contributed by atoms with E-state index < -0.39 is 6.10 Å². The minimum Gasteiger partial charge on any atom is -0.491 e. The third-order valence-electron chi connectivity index (χ3n) is 4.35. The van der Waals surface area contributed by atoms with Gasteiger partial charge in [0.1, 0.15) is 5.75 Å². The molecule has 6 nitrogen and oxygen atoms in total. The molecular weight excluding hydrogens is 376 g/mol. The van der Waals surface area contributed by atoms with Crippen LogP contribution in [0.2, 0.25) is 0 Å². The van der Waals surface area contributed by atoms with Gasteiger partial charge in [-0.05, 0) is 63.7 Å². The van der Waals surface area contributed by atoms with E-state index in [1.165, 1.54) is 5.56 Å². The number of aliphatic imine (C=N–C) groups is 1. The molecule has 2 aromatic rings. The zero-order valence-electron chi connectivity index (χ0n) is 18.9. The van der Waals surface area contributed by atoms with Crippen LogP contribution < -0.4 is 15.4 Å². The van der Waals surface area contributed by atoms with Crippen LogP contribution in [0.3, 0.4) is 0 Å². The monoisotopic (exact) mass is 412 g/mol. The molecule has 3 N–H and O–H groups in total. The predicted octanol–water partition coefficient (Wildman–Crippen LogP) is 3.32. The van der Waals surface area contributed by atoms with Gasteiger partial charge in [-0.2, -0.15) is 0 Å². The van der Waals surface area contributed by atoms with E-state index in [2.05, 4.69) is 58.9 Å². The van der Waals surface area contributed by atoms with Gasteiger partial charge in [0, 0.05) is 19.6 Å². The average molecular weight is 413 g/mol. The van der Waals surface area contributed by atoms with Crippen LogP contribution in [0.1, 0.15) is 43.6 Å². The van der Waals surface area contributed by atoms with E-state index in [4.69, 9.17) is 4.74 Å². The second-order valence-electron chi connectivity index (χ2n) is 7.89. The molecular formula is C24H36N4O2. The Bertz CT molecular complexity index is 788. The van der Waals surface area contributed by atoms with Gasteiger partial charge in [0.15, 0.2) is 5.96 Å². The summed E-state index contributed by atoms with van der Waals surface area (Å²) < 4.78 is 5.65. The number of hydrogen-bond donors (Lipinski definition) is 3. The number of guanidine groups is 1. The second kappa shape index (κ2) is 12.2. The van der Waals surface area contributed by atoms with E-state index in [1.807, 2.05) is 45.0 Å². The lowest BCUT2D eigenvalue weighted by Gasteiger charge is -2.16. The molecule has 0 saturated carbocycles. The molecule has 0 aliphatic carbocycles. The summed E-state index contributed by atoms with van der Waals surface area (Å²) in [5.74, 6) is 1.50. The number of benzene rings is 2. The topological polar surface area (TPSA) is 69.1 Å². The summed E-state index contributed by atoms with van der Waals surface area (Å²) in [7, 11) is 4.13. The molecule has 1 atom stereocenters. The Balaban J connectivity index is 1.94. The van der Waals surface area contributed by atoms with Crippen LogP contribution in [0.4, 0.5) is 0 Å². The van der Waals surface area contributed by atoms with Gasteiger partial charge in [-0.25, -0.2) is 4.99 Å². The minimum atomic E-state index is -0.634. The summed E-state index contributed by atoms with van der Waals surface area (Å²) in [6.07, 6.45) is -0.504. The van der Waals surface area contributed by atoms with Crippen LogP contribution >= 0.6 is 0 Å². The number of nitrogens with zero attached hydrogens (tertiary/aromatic N) is 2. The Hall–Kier alpha value is -2.57. The largest absolute Gasteiger partial charge is 0.491 e. The number of hydrogen-bond acceptors (Lipinski definition) is 4. The first-order valence-electron chi connectivity index (χ1n) is 10.6. The molecule has 0 amide bonds. The highest BCUT2D eigenvalue weighted by atomic mass is 16.5. The van der Waals surface area contributed by atoms with Crippen molar-refractivity contribution in [2.45, 2.75) is 46.1 Å². The highest BCUT2D eigenvalue weighted by molar-refractivity contribution is 5.79. The van der Waals surface area contributed by atoms with Gasteiger partial charge in [0.05, 0.1) is 18.8 Å². The fourth-order valence-electron chi connectivity index (χ4n) is 3.06. The molecule has 2 rings (SSSR count). The van der Waals surface area contributed by atoms with Crippen LogP contribution in [0.25, 0.3) is 0 Å². The highest BCUT2D eigenvalue weighted by Gasteiger charge is 2.09. The summed E-state index contributed by atoms with van der Waals surface area (Å²) in [6, 6.07) is 16.0. The summed E-state index contributed by atoms with van der Waals surface area (Å²) in [4.78, 5) is 6.82. The quantitative estimate of drug-likeness (QED) is 0.413. The zero-order chi connectivity index (χ0) is 21.9. The third kappa shape index (κ3) is 8.43. The average Bonchev–Trinajstić information content (AvgIpc) is 2.70. The molecule has 0 radical (unpaired) electrons. The molecule has 0 saturated heterocycles. The van der Waals surface area contributed by atoms with E-state index in [0.29, 0.717) is 19.0 Å². The smallest absolute Gasteiger partial charge is 0.191 e. The molecule has 2 aromatic carbocycles. The fourth-order valence-corrected chi connectivity index (χ4v) is 3.06. The lowest BCUT2D eigenvalue weighted by Crippen LogP contribution is -2.39. The first-order valence-corrected chi connectivity index (χ1v) is 10.6. The molecule has 0 heterocycles. The number of nitrogens with one attached hydrogen (secondary N) is 2. The summed E-state index contributed by atoms with van der Waals surface area (Å²) in [6.45, 7) is 8.62. The normalized spacial score (nSPS) is 12.9. The first kappa shape index (κ1) is 23.7. The zero-order valence-corrected chi connectivity index (χ0v) is 18.9. The maximum atomic E-state index is 10.5. The Labute approximate surface area is 181 Å². The van der Waals surface area contributed by atoms with Crippen molar-refractivity contribution in [2.24, 2.45) is 4.99 Å². The molecule has 30 heavy (non-hydrogen) atoms. The summed E-state index contributed by atoms with van der Waals surface area (Å²) >= 11 is 0. The Morgan fingerprint density at radius 1 is 1.07 bits per heavy atom. The highest BCUT2D eigenvalue weighted by Crippen LogP contribution is 2.18. The van der Waals surface area contributed by atoms with Crippen molar-refractivity contribution in [1.29, 1.82) is 0 Å². The standard InChI is InChI=1S/C24H36N4O2/c1-6-25-24(26-15-19-8-7-9-20(14-19)17-28(4)5)27-16-23(29)21-10-12-22(13-11-21)30-18(2)3/h7-14,18,23,29H,6,15-17H2,1-5H3,(H2,25,26,27). The molecule has 0 fully saturated rings. The van der Waals surface area contributed by atoms with E-state index >= 15 is 0 Å². The van der Waals surface area contributed by atoms with Gasteiger partial charge in [-0.3, -0.25) is 0 Å². The van der Waals surface area contributed by atoms with E-state index in [0.717, 1.165) is 30.0 Å². The maximum absolute atomic E-state index is 10.5. The van der Waals surface area contributed by atoms with Crippen molar-refractivity contribution >= 4 is 5.96 Å². The van der Waals surface area contributed by atoms with E-state index in [1.54, 1.807) is 0 Å². The molecule has 0 aromatic heterocycles. The minimum absolute atomic E-state index is 0.130. The molecule has 6 heteroatoms. The van der Waals surface area contributed by atoms with Crippen LogP contribution in [0.15, 0.2) is 53.5 Å². The van der Waals surface area contributed by atoms with Crippen molar-refractivity contribution in [1.82, 2.24) is 15.5 Å². The molecule has 1 unspecified atom stereocenters. The van der Waals surface area contributed by atoms with Crippen molar-refractivity contribution in [3.63, 3.8) is 0 Å². The summed E-state index contributed by atoms with van der Waals surface area (Å²) in [5.41, 5.74) is 3.27. The Morgan fingerprint density at radius 3 is 2.40 bits per heavy atom. The third-order valence-corrected chi connectivity index (χ3v) is 4.35. The molecule has 0 aliphatic heterocycles.